The fraction of sp³-hybridized carbons (Fsp3) is 0.231. The van der Waals surface area contributed by atoms with Crippen LogP contribution in [-0.2, 0) is 11.3 Å². The molecular formula is C13H13BrClN3O. The quantitative estimate of drug-likeness (QED) is 0.927. The van der Waals surface area contributed by atoms with Crippen molar-refractivity contribution in [3.8, 4) is 0 Å². The van der Waals surface area contributed by atoms with Crippen molar-refractivity contribution < 1.29 is 4.79 Å². The summed E-state index contributed by atoms with van der Waals surface area (Å²) >= 11 is 9.43. The molecule has 100 valence electrons. The van der Waals surface area contributed by atoms with E-state index < -0.39 is 0 Å². The van der Waals surface area contributed by atoms with Gasteiger partial charge in [-0.25, -0.2) is 0 Å². The van der Waals surface area contributed by atoms with E-state index in [1.165, 1.54) is 0 Å². The van der Waals surface area contributed by atoms with Crippen molar-refractivity contribution >= 4 is 39.1 Å². The Morgan fingerprint density at radius 3 is 2.79 bits per heavy atom. The first-order valence-electron chi connectivity index (χ1n) is 5.70. The van der Waals surface area contributed by atoms with E-state index in [1.54, 1.807) is 17.1 Å². The fourth-order valence-corrected chi connectivity index (χ4v) is 2.52. The highest BCUT2D eigenvalue weighted by atomic mass is 79.9. The molecule has 0 fully saturated rings. The second kappa shape index (κ2) is 5.75. The standard InChI is InChI=1S/C13H13BrClN3O/c1-8-3-9(2)13(11(15)4-8)17-12(19)7-18-6-10(14)5-16-18/h3-6H,7H2,1-2H3,(H,17,19). The second-order valence-corrected chi connectivity index (χ2v) is 5.67. The number of carbonyl (C=O) groups is 1. The molecule has 0 aliphatic rings. The Labute approximate surface area is 124 Å². The number of hydrogen-bond donors (Lipinski definition) is 1. The van der Waals surface area contributed by atoms with E-state index in [1.807, 2.05) is 26.0 Å². The summed E-state index contributed by atoms with van der Waals surface area (Å²) in [5.41, 5.74) is 2.67. The van der Waals surface area contributed by atoms with Gasteiger partial charge in [0.2, 0.25) is 5.91 Å². The lowest BCUT2D eigenvalue weighted by atomic mass is 10.1. The number of anilines is 1. The summed E-state index contributed by atoms with van der Waals surface area (Å²) in [4.78, 5) is 11.9. The minimum Gasteiger partial charge on any atom is -0.323 e. The van der Waals surface area contributed by atoms with Gasteiger partial charge < -0.3 is 5.32 Å². The van der Waals surface area contributed by atoms with Gasteiger partial charge in [-0.3, -0.25) is 9.48 Å². The molecule has 1 aromatic heterocycles. The lowest BCUT2D eigenvalue weighted by Gasteiger charge is -2.11. The molecule has 1 N–H and O–H groups in total. The summed E-state index contributed by atoms with van der Waals surface area (Å²) in [6.07, 6.45) is 3.38. The van der Waals surface area contributed by atoms with E-state index in [2.05, 4.69) is 26.3 Å². The first-order valence-corrected chi connectivity index (χ1v) is 6.87. The average Bonchev–Trinajstić information content (AvgIpc) is 2.69. The summed E-state index contributed by atoms with van der Waals surface area (Å²) in [7, 11) is 0. The van der Waals surface area contributed by atoms with Crippen LogP contribution in [0.25, 0.3) is 0 Å². The molecule has 0 saturated heterocycles. The third-order valence-corrected chi connectivity index (χ3v) is 3.31. The highest BCUT2D eigenvalue weighted by Gasteiger charge is 2.10. The Morgan fingerprint density at radius 1 is 1.47 bits per heavy atom. The van der Waals surface area contributed by atoms with Crippen LogP contribution in [0.5, 0.6) is 0 Å². The van der Waals surface area contributed by atoms with Crippen molar-refractivity contribution in [2.24, 2.45) is 0 Å². The number of amides is 1. The minimum atomic E-state index is -0.163. The van der Waals surface area contributed by atoms with E-state index >= 15 is 0 Å². The van der Waals surface area contributed by atoms with Gasteiger partial charge >= 0.3 is 0 Å². The normalized spacial score (nSPS) is 10.5. The van der Waals surface area contributed by atoms with Crippen molar-refractivity contribution in [1.29, 1.82) is 0 Å². The van der Waals surface area contributed by atoms with E-state index in [-0.39, 0.29) is 12.5 Å². The van der Waals surface area contributed by atoms with Crippen molar-refractivity contribution in [1.82, 2.24) is 9.78 Å². The number of aryl methyl sites for hydroxylation is 2. The summed E-state index contributed by atoms with van der Waals surface area (Å²) in [5, 5.41) is 7.40. The van der Waals surface area contributed by atoms with E-state index in [4.69, 9.17) is 11.6 Å². The van der Waals surface area contributed by atoms with E-state index in [9.17, 15) is 4.79 Å². The molecule has 0 unspecified atom stereocenters. The molecule has 19 heavy (non-hydrogen) atoms. The molecule has 0 bridgehead atoms. The van der Waals surface area contributed by atoms with E-state index in [0.29, 0.717) is 10.7 Å². The number of halogens is 2. The zero-order valence-corrected chi connectivity index (χ0v) is 12.9. The number of benzene rings is 1. The van der Waals surface area contributed by atoms with Crippen molar-refractivity contribution in [2.75, 3.05) is 5.32 Å². The van der Waals surface area contributed by atoms with Crippen LogP contribution in [0.1, 0.15) is 11.1 Å². The summed E-state index contributed by atoms with van der Waals surface area (Å²) < 4.78 is 2.39. The van der Waals surface area contributed by atoms with Gasteiger partial charge in [0.05, 0.1) is 21.4 Å². The maximum Gasteiger partial charge on any atom is 0.246 e. The van der Waals surface area contributed by atoms with Crippen molar-refractivity contribution in [3.63, 3.8) is 0 Å². The molecule has 0 aliphatic heterocycles. The summed E-state index contributed by atoms with van der Waals surface area (Å²) in [6.45, 7) is 4.03. The Balaban J connectivity index is 2.11. The Hall–Kier alpha value is -1.33. The monoisotopic (exact) mass is 341 g/mol. The molecule has 2 aromatic rings. The van der Waals surface area contributed by atoms with Gasteiger partial charge in [-0.05, 0) is 47.0 Å². The van der Waals surface area contributed by atoms with Crippen LogP contribution in [-0.4, -0.2) is 15.7 Å². The van der Waals surface area contributed by atoms with Crippen LogP contribution < -0.4 is 5.32 Å². The fourth-order valence-electron chi connectivity index (χ4n) is 1.82. The SMILES string of the molecule is Cc1cc(C)c(NC(=O)Cn2cc(Br)cn2)c(Cl)c1. The Kier molecular flexibility index (Phi) is 4.27. The number of hydrogen-bond acceptors (Lipinski definition) is 2. The molecule has 0 aliphatic carbocycles. The summed E-state index contributed by atoms with van der Waals surface area (Å²) in [6, 6.07) is 3.81. The maximum absolute atomic E-state index is 11.9. The highest BCUT2D eigenvalue weighted by molar-refractivity contribution is 9.10. The molecule has 4 nitrogen and oxygen atoms in total. The first-order chi connectivity index (χ1) is 8.95. The number of nitrogens with zero attached hydrogens (tertiary/aromatic N) is 2. The van der Waals surface area contributed by atoms with Crippen molar-refractivity contribution in [2.45, 2.75) is 20.4 Å². The van der Waals surface area contributed by atoms with Gasteiger partial charge in [0.25, 0.3) is 0 Å². The molecule has 0 atom stereocenters. The Morgan fingerprint density at radius 2 is 2.21 bits per heavy atom. The molecule has 1 heterocycles. The number of nitrogens with one attached hydrogen (secondary N) is 1. The van der Waals surface area contributed by atoms with Gasteiger partial charge in [-0.2, -0.15) is 5.10 Å². The molecule has 0 saturated carbocycles. The lowest BCUT2D eigenvalue weighted by Crippen LogP contribution is -2.19. The van der Waals surface area contributed by atoms with Crippen LogP contribution in [0.2, 0.25) is 5.02 Å². The van der Waals surface area contributed by atoms with Crippen LogP contribution in [0.4, 0.5) is 5.69 Å². The number of aromatic nitrogens is 2. The predicted octanol–water partition coefficient (Wildman–Crippen LogP) is 3.55. The molecule has 2 rings (SSSR count). The predicted molar refractivity (Wildman–Crippen MR) is 79.5 cm³/mol. The van der Waals surface area contributed by atoms with Gasteiger partial charge in [0.15, 0.2) is 0 Å². The number of carbonyl (C=O) groups excluding carboxylic acids is 1. The Bertz CT molecular complexity index is 601. The molecule has 0 spiro atoms. The molecular weight excluding hydrogens is 330 g/mol. The zero-order valence-electron chi connectivity index (χ0n) is 10.6. The maximum atomic E-state index is 11.9. The topological polar surface area (TPSA) is 46.9 Å². The largest absolute Gasteiger partial charge is 0.323 e. The molecule has 1 amide bonds. The van der Waals surface area contributed by atoms with Crippen LogP contribution in [0.15, 0.2) is 29.0 Å². The van der Waals surface area contributed by atoms with Gasteiger partial charge in [0.1, 0.15) is 6.54 Å². The average molecular weight is 343 g/mol. The lowest BCUT2D eigenvalue weighted by molar-refractivity contribution is -0.116. The molecule has 6 heteroatoms. The van der Waals surface area contributed by atoms with Gasteiger partial charge in [-0.1, -0.05) is 17.7 Å². The zero-order chi connectivity index (χ0) is 14.0. The number of rotatable bonds is 3. The first kappa shape index (κ1) is 14.1. The van der Waals surface area contributed by atoms with Crippen LogP contribution in [0.3, 0.4) is 0 Å². The van der Waals surface area contributed by atoms with Crippen molar-refractivity contribution in [3.05, 3.63) is 45.1 Å². The smallest absolute Gasteiger partial charge is 0.246 e. The molecule has 1 aromatic carbocycles. The third kappa shape index (κ3) is 3.58. The van der Waals surface area contributed by atoms with Gasteiger partial charge in [-0.15, -0.1) is 0 Å². The van der Waals surface area contributed by atoms with Gasteiger partial charge in [0, 0.05) is 6.20 Å². The summed E-state index contributed by atoms with van der Waals surface area (Å²) in [5.74, 6) is -0.163. The van der Waals surface area contributed by atoms with Crippen LogP contribution >= 0.6 is 27.5 Å². The van der Waals surface area contributed by atoms with Crippen LogP contribution in [0, 0.1) is 13.8 Å². The minimum absolute atomic E-state index is 0.148. The second-order valence-electron chi connectivity index (χ2n) is 4.34. The highest BCUT2D eigenvalue weighted by Crippen LogP contribution is 2.27. The van der Waals surface area contributed by atoms with E-state index in [0.717, 1.165) is 15.6 Å². The molecule has 0 radical (unpaired) electrons. The third-order valence-electron chi connectivity index (χ3n) is 2.60.